The largest absolute Gasteiger partial charge is 0.462 e. The molecule has 0 bridgehead atoms. The van der Waals surface area contributed by atoms with Gasteiger partial charge in [0.15, 0.2) is 0 Å². The van der Waals surface area contributed by atoms with Crippen molar-refractivity contribution in [3.05, 3.63) is 18.0 Å². The first-order valence-corrected chi connectivity index (χ1v) is 6.05. The van der Waals surface area contributed by atoms with Crippen LogP contribution in [0.15, 0.2) is 12.4 Å². The Balaban J connectivity index is 2.04. The molecule has 1 fully saturated rings. The second-order valence-corrected chi connectivity index (χ2v) is 4.04. The number of ether oxygens (including phenoxy) is 1. The van der Waals surface area contributed by atoms with E-state index in [0.717, 1.165) is 13.1 Å². The third-order valence-electron chi connectivity index (χ3n) is 2.79. The van der Waals surface area contributed by atoms with Gasteiger partial charge in [-0.25, -0.2) is 14.8 Å². The average Bonchev–Trinajstić information content (AvgIpc) is 2.40. The first kappa shape index (κ1) is 11.8. The molecule has 0 spiro atoms. The van der Waals surface area contributed by atoms with E-state index in [4.69, 9.17) is 4.74 Å². The molecule has 0 aliphatic carbocycles. The Morgan fingerprint density at radius 2 is 1.94 bits per heavy atom. The molecular formula is C12H17N3O2. The summed E-state index contributed by atoms with van der Waals surface area (Å²) in [7, 11) is 0. The molecule has 1 saturated heterocycles. The first-order chi connectivity index (χ1) is 8.31. The van der Waals surface area contributed by atoms with Gasteiger partial charge in [0, 0.05) is 25.5 Å². The average molecular weight is 235 g/mol. The molecule has 0 amide bonds. The Morgan fingerprint density at radius 3 is 2.53 bits per heavy atom. The van der Waals surface area contributed by atoms with Crippen LogP contribution in [-0.2, 0) is 4.74 Å². The standard InChI is InChI=1S/C12H17N3O2/c1-2-17-11(16)10-8-13-12(14-9-10)15-6-4-3-5-7-15/h8-9H,2-7H2,1H3. The molecule has 17 heavy (non-hydrogen) atoms. The summed E-state index contributed by atoms with van der Waals surface area (Å²) in [4.78, 5) is 22.0. The summed E-state index contributed by atoms with van der Waals surface area (Å²) in [6.45, 7) is 4.14. The summed E-state index contributed by atoms with van der Waals surface area (Å²) in [6.07, 6.45) is 6.72. The van der Waals surface area contributed by atoms with E-state index in [-0.39, 0.29) is 5.97 Å². The second-order valence-electron chi connectivity index (χ2n) is 4.04. The minimum absolute atomic E-state index is 0.363. The molecule has 2 rings (SSSR count). The van der Waals surface area contributed by atoms with Gasteiger partial charge < -0.3 is 9.64 Å². The number of carbonyl (C=O) groups excluding carboxylic acids is 1. The molecule has 1 aromatic rings. The number of esters is 1. The van der Waals surface area contributed by atoms with E-state index in [1.54, 1.807) is 6.92 Å². The first-order valence-electron chi connectivity index (χ1n) is 6.05. The molecule has 1 aromatic heterocycles. The van der Waals surface area contributed by atoms with Gasteiger partial charge in [0.1, 0.15) is 0 Å². The molecule has 5 heteroatoms. The van der Waals surface area contributed by atoms with Crippen LogP contribution in [0, 0.1) is 0 Å². The SMILES string of the molecule is CCOC(=O)c1cnc(N2CCCCC2)nc1. The van der Waals surface area contributed by atoms with Gasteiger partial charge in [-0.2, -0.15) is 0 Å². The maximum Gasteiger partial charge on any atom is 0.341 e. The zero-order valence-corrected chi connectivity index (χ0v) is 10.1. The zero-order chi connectivity index (χ0) is 12.1. The van der Waals surface area contributed by atoms with Gasteiger partial charge in [-0.3, -0.25) is 0 Å². The maximum atomic E-state index is 11.4. The van der Waals surface area contributed by atoms with Gasteiger partial charge in [0.05, 0.1) is 12.2 Å². The summed E-state index contributed by atoms with van der Waals surface area (Å²) in [6, 6.07) is 0. The molecule has 92 valence electrons. The van der Waals surface area contributed by atoms with Crippen LogP contribution >= 0.6 is 0 Å². The molecule has 0 atom stereocenters. The summed E-state index contributed by atoms with van der Waals surface area (Å²) < 4.78 is 4.88. The van der Waals surface area contributed by atoms with Crippen molar-refractivity contribution in [2.45, 2.75) is 26.2 Å². The van der Waals surface area contributed by atoms with Crippen LogP contribution in [0.1, 0.15) is 36.5 Å². The highest BCUT2D eigenvalue weighted by atomic mass is 16.5. The molecule has 2 heterocycles. The fraction of sp³-hybridized carbons (Fsp3) is 0.583. The van der Waals surface area contributed by atoms with Crippen LogP contribution in [0.2, 0.25) is 0 Å². The van der Waals surface area contributed by atoms with E-state index in [1.807, 2.05) is 0 Å². The van der Waals surface area contributed by atoms with Crippen molar-refractivity contribution in [1.82, 2.24) is 9.97 Å². The Kier molecular flexibility index (Phi) is 3.90. The van der Waals surface area contributed by atoms with E-state index in [0.29, 0.717) is 18.1 Å². The van der Waals surface area contributed by atoms with E-state index >= 15 is 0 Å². The Hall–Kier alpha value is -1.65. The van der Waals surface area contributed by atoms with Crippen molar-refractivity contribution >= 4 is 11.9 Å². The molecule has 0 unspecified atom stereocenters. The van der Waals surface area contributed by atoms with E-state index in [9.17, 15) is 4.79 Å². The lowest BCUT2D eigenvalue weighted by Crippen LogP contribution is -2.31. The van der Waals surface area contributed by atoms with Gasteiger partial charge in [-0.05, 0) is 26.2 Å². The van der Waals surface area contributed by atoms with Crippen LogP contribution in [0.5, 0.6) is 0 Å². The van der Waals surface area contributed by atoms with Crippen molar-refractivity contribution in [1.29, 1.82) is 0 Å². The van der Waals surface area contributed by atoms with Crippen molar-refractivity contribution in [3.8, 4) is 0 Å². The number of carbonyl (C=O) groups is 1. The molecule has 0 N–H and O–H groups in total. The molecule has 0 radical (unpaired) electrons. The van der Waals surface area contributed by atoms with Crippen molar-refractivity contribution in [3.63, 3.8) is 0 Å². The van der Waals surface area contributed by atoms with Crippen molar-refractivity contribution in [2.24, 2.45) is 0 Å². The normalized spacial score (nSPS) is 15.7. The van der Waals surface area contributed by atoms with Gasteiger partial charge >= 0.3 is 5.97 Å². The lowest BCUT2D eigenvalue weighted by atomic mass is 10.1. The predicted molar refractivity (Wildman–Crippen MR) is 64.1 cm³/mol. The van der Waals surface area contributed by atoms with Gasteiger partial charge in [0.2, 0.25) is 5.95 Å². The molecule has 0 saturated carbocycles. The lowest BCUT2D eigenvalue weighted by Gasteiger charge is -2.26. The number of hydrogen-bond acceptors (Lipinski definition) is 5. The van der Waals surface area contributed by atoms with Crippen LogP contribution in [-0.4, -0.2) is 35.6 Å². The molecule has 5 nitrogen and oxygen atoms in total. The Morgan fingerprint density at radius 1 is 1.29 bits per heavy atom. The summed E-state index contributed by atoms with van der Waals surface area (Å²) >= 11 is 0. The third-order valence-corrected chi connectivity index (χ3v) is 2.79. The lowest BCUT2D eigenvalue weighted by molar-refractivity contribution is 0.0525. The van der Waals surface area contributed by atoms with Crippen molar-refractivity contribution < 1.29 is 9.53 Å². The number of nitrogens with zero attached hydrogens (tertiary/aromatic N) is 3. The fourth-order valence-corrected chi connectivity index (χ4v) is 1.90. The molecule has 0 aromatic carbocycles. The third kappa shape index (κ3) is 2.93. The molecule has 1 aliphatic heterocycles. The van der Waals surface area contributed by atoms with Crippen LogP contribution in [0.3, 0.4) is 0 Å². The number of piperidine rings is 1. The Labute approximate surface area is 101 Å². The Bertz CT molecular complexity index is 372. The molecular weight excluding hydrogens is 218 g/mol. The van der Waals surface area contributed by atoms with Crippen LogP contribution in [0.25, 0.3) is 0 Å². The summed E-state index contributed by atoms with van der Waals surface area (Å²) in [5, 5.41) is 0. The number of hydrogen-bond donors (Lipinski definition) is 0. The van der Waals surface area contributed by atoms with Crippen LogP contribution in [0.4, 0.5) is 5.95 Å². The minimum atomic E-state index is -0.363. The number of anilines is 1. The van der Waals surface area contributed by atoms with Crippen LogP contribution < -0.4 is 4.90 Å². The number of aromatic nitrogens is 2. The topological polar surface area (TPSA) is 55.3 Å². The highest BCUT2D eigenvalue weighted by Crippen LogP contribution is 2.15. The molecule has 1 aliphatic rings. The highest BCUT2D eigenvalue weighted by Gasteiger charge is 2.14. The summed E-state index contributed by atoms with van der Waals surface area (Å²) in [5.74, 6) is 0.343. The van der Waals surface area contributed by atoms with Gasteiger partial charge in [-0.1, -0.05) is 0 Å². The predicted octanol–water partition coefficient (Wildman–Crippen LogP) is 1.64. The monoisotopic (exact) mass is 235 g/mol. The van der Waals surface area contributed by atoms with E-state index in [1.165, 1.54) is 31.7 Å². The zero-order valence-electron chi connectivity index (χ0n) is 10.1. The minimum Gasteiger partial charge on any atom is -0.462 e. The fourth-order valence-electron chi connectivity index (χ4n) is 1.90. The van der Waals surface area contributed by atoms with Crippen molar-refractivity contribution in [2.75, 3.05) is 24.6 Å². The smallest absolute Gasteiger partial charge is 0.341 e. The second kappa shape index (κ2) is 5.61. The quantitative estimate of drug-likeness (QED) is 0.745. The highest BCUT2D eigenvalue weighted by molar-refractivity contribution is 5.88. The summed E-state index contributed by atoms with van der Waals surface area (Å²) in [5.41, 5.74) is 0.410. The maximum absolute atomic E-state index is 11.4. The van der Waals surface area contributed by atoms with E-state index < -0.39 is 0 Å². The van der Waals surface area contributed by atoms with Gasteiger partial charge in [-0.15, -0.1) is 0 Å². The number of rotatable bonds is 3. The van der Waals surface area contributed by atoms with Gasteiger partial charge in [0.25, 0.3) is 0 Å². The van der Waals surface area contributed by atoms with E-state index in [2.05, 4.69) is 14.9 Å².